The number of amides is 1. The molecule has 0 saturated carbocycles. The average Bonchev–Trinajstić information content (AvgIpc) is 2.11. The van der Waals surface area contributed by atoms with Gasteiger partial charge in [0, 0.05) is 6.54 Å². The number of ether oxygens (including phenoxy) is 1. The Bertz CT molecular complexity index is 229. The molecule has 0 fully saturated rings. The lowest BCUT2D eigenvalue weighted by molar-refractivity contribution is -0.127. The van der Waals surface area contributed by atoms with Crippen LogP contribution >= 0.6 is 0 Å². The van der Waals surface area contributed by atoms with E-state index in [-0.39, 0.29) is 18.6 Å². The fraction of sp³-hybridized carbons (Fsp3) is 0.800. The van der Waals surface area contributed by atoms with Gasteiger partial charge >= 0.3 is 0 Å². The van der Waals surface area contributed by atoms with Crippen LogP contribution in [0.4, 0.5) is 0 Å². The molecule has 0 aromatic carbocycles. The van der Waals surface area contributed by atoms with Crippen LogP contribution in [-0.4, -0.2) is 25.2 Å². The van der Waals surface area contributed by atoms with Crippen molar-refractivity contribution in [3.8, 4) is 6.07 Å². The van der Waals surface area contributed by atoms with Crippen LogP contribution in [0.15, 0.2) is 0 Å². The smallest absolute Gasteiger partial charge is 0.246 e. The molecule has 0 saturated heterocycles. The monoisotopic (exact) mass is 198 g/mol. The number of hydrogen-bond acceptors (Lipinski definition) is 3. The van der Waals surface area contributed by atoms with E-state index in [1.807, 2.05) is 13.8 Å². The lowest BCUT2D eigenvalue weighted by Gasteiger charge is -2.16. The summed E-state index contributed by atoms with van der Waals surface area (Å²) in [5.41, 5.74) is -0.520. The summed E-state index contributed by atoms with van der Waals surface area (Å²) in [6.07, 6.45) is 0.0460. The number of nitrogens with zero attached hydrogens (tertiary/aromatic N) is 1. The van der Waals surface area contributed by atoms with Gasteiger partial charge in [-0.25, -0.2) is 0 Å². The van der Waals surface area contributed by atoms with Gasteiger partial charge in [0.25, 0.3) is 0 Å². The molecule has 0 bridgehead atoms. The number of hydrogen-bond donors (Lipinski definition) is 1. The van der Waals surface area contributed by atoms with Crippen molar-refractivity contribution in [3.63, 3.8) is 0 Å². The molecular weight excluding hydrogens is 180 g/mol. The molecule has 4 nitrogen and oxygen atoms in total. The van der Waals surface area contributed by atoms with Crippen molar-refractivity contribution in [3.05, 3.63) is 0 Å². The summed E-state index contributed by atoms with van der Waals surface area (Å²) in [6.45, 7) is 7.69. The minimum absolute atomic E-state index is 0.0460. The second kappa shape index (κ2) is 5.61. The summed E-state index contributed by atoms with van der Waals surface area (Å²) in [4.78, 5) is 11.2. The number of nitrogens with one attached hydrogen (secondary N) is 1. The summed E-state index contributed by atoms with van der Waals surface area (Å²) in [6, 6.07) is 2.11. The van der Waals surface area contributed by atoms with Crippen LogP contribution in [0.3, 0.4) is 0 Å². The first-order valence-corrected chi connectivity index (χ1v) is 4.67. The Morgan fingerprint density at radius 1 is 1.57 bits per heavy atom. The molecule has 1 N–H and O–H groups in total. The van der Waals surface area contributed by atoms with Crippen LogP contribution in [0.25, 0.3) is 0 Å². The Labute approximate surface area is 85.2 Å². The van der Waals surface area contributed by atoms with E-state index < -0.39 is 5.41 Å². The molecule has 0 aromatic heterocycles. The largest absolute Gasteiger partial charge is 0.369 e. The van der Waals surface area contributed by atoms with E-state index >= 15 is 0 Å². The standard InChI is InChI=1S/C10H18N2O2/c1-8(2)14-5-9(13)12-7-10(3,4)6-11/h8H,5,7H2,1-4H3,(H,12,13). The lowest BCUT2D eigenvalue weighted by Crippen LogP contribution is -2.35. The van der Waals surface area contributed by atoms with Gasteiger partial charge in [0.05, 0.1) is 17.6 Å². The molecule has 0 aliphatic carbocycles. The molecule has 0 rings (SSSR count). The Hall–Kier alpha value is -1.08. The molecule has 0 unspecified atom stereocenters. The first-order chi connectivity index (χ1) is 6.37. The van der Waals surface area contributed by atoms with Crippen molar-refractivity contribution in [2.45, 2.75) is 33.8 Å². The summed E-state index contributed by atoms with van der Waals surface area (Å²) in [5.74, 6) is -0.179. The first kappa shape index (κ1) is 12.9. The number of rotatable bonds is 5. The zero-order valence-corrected chi connectivity index (χ0v) is 9.26. The van der Waals surface area contributed by atoms with Gasteiger partial charge in [-0.2, -0.15) is 5.26 Å². The predicted molar refractivity (Wildman–Crippen MR) is 53.5 cm³/mol. The summed E-state index contributed by atoms with van der Waals surface area (Å²) in [7, 11) is 0. The first-order valence-electron chi connectivity index (χ1n) is 4.67. The fourth-order valence-corrected chi connectivity index (χ4v) is 0.652. The molecule has 0 aromatic rings. The zero-order valence-electron chi connectivity index (χ0n) is 9.26. The van der Waals surface area contributed by atoms with Crippen LogP contribution < -0.4 is 5.32 Å². The molecule has 1 amide bonds. The lowest BCUT2D eigenvalue weighted by atomic mass is 9.96. The number of nitriles is 1. The molecule has 0 aliphatic rings. The van der Waals surface area contributed by atoms with Crippen molar-refractivity contribution in [1.82, 2.24) is 5.32 Å². The van der Waals surface area contributed by atoms with Crippen LogP contribution in [0, 0.1) is 16.7 Å². The van der Waals surface area contributed by atoms with E-state index in [1.165, 1.54) is 0 Å². The third-order valence-electron chi connectivity index (χ3n) is 1.58. The SMILES string of the molecule is CC(C)OCC(=O)NCC(C)(C)C#N. The Kier molecular flexibility index (Phi) is 5.18. The Balaban J connectivity index is 3.71. The third kappa shape index (κ3) is 6.44. The van der Waals surface area contributed by atoms with E-state index in [4.69, 9.17) is 10.00 Å². The van der Waals surface area contributed by atoms with Gasteiger partial charge in [-0.3, -0.25) is 4.79 Å². The normalized spacial score (nSPS) is 11.1. The van der Waals surface area contributed by atoms with E-state index in [0.717, 1.165) is 0 Å². The maximum atomic E-state index is 11.2. The van der Waals surface area contributed by atoms with Crippen molar-refractivity contribution in [1.29, 1.82) is 5.26 Å². The van der Waals surface area contributed by atoms with Crippen LogP contribution in [-0.2, 0) is 9.53 Å². The molecule has 0 spiro atoms. The predicted octanol–water partition coefficient (Wildman–Crippen LogP) is 1.08. The highest BCUT2D eigenvalue weighted by molar-refractivity contribution is 5.77. The van der Waals surface area contributed by atoms with Crippen molar-refractivity contribution < 1.29 is 9.53 Å². The number of carbonyl (C=O) groups excluding carboxylic acids is 1. The van der Waals surface area contributed by atoms with Crippen molar-refractivity contribution >= 4 is 5.91 Å². The van der Waals surface area contributed by atoms with E-state index in [9.17, 15) is 4.79 Å². The van der Waals surface area contributed by atoms with E-state index in [1.54, 1.807) is 13.8 Å². The summed E-state index contributed by atoms with van der Waals surface area (Å²) < 4.78 is 5.11. The van der Waals surface area contributed by atoms with Crippen LogP contribution in [0.5, 0.6) is 0 Å². The van der Waals surface area contributed by atoms with Gasteiger partial charge in [0.1, 0.15) is 6.61 Å². The quantitative estimate of drug-likeness (QED) is 0.719. The van der Waals surface area contributed by atoms with E-state index in [0.29, 0.717) is 6.54 Å². The molecular formula is C10H18N2O2. The van der Waals surface area contributed by atoms with Gasteiger partial charge in [0.2, 0.25) is 5.91 Å². The maximum Gasteiger partial charge on any atom is 0.246 e. The van der Waals surface area contributed by atoms with Gasteiger partial charge in [-0.1, -0.05) is 0 Å². The highest BCUT2D eigenvalue weighted by Crippen LogP contribution is 2.10. The minimum atomic E-state index is -0.520. The van der Waals surface area contributed by atoms with Gasteiger partial charge < -0.3 is 10.1 Å². The van der Waals surface area contributed by atoms with E-state index in [2.05, 4.69) is 11.4 Å². The van der Waals surface area contributed by atoms with Gasteiger partial charge in [0.15, 0.2) is 0 Å². The third-order valence-corrected chi connectivity index (χ3v) is 1.58. The van der Waals surface area contributed by atoms with Crippen LogP contribution in [0.1, 0.15) is 27.7 Å². The maximum absolute atomic E-state index is 11.2. The van der Waals surface area contributed by atoms with Gasteiger partial charge in [-0.15, -0.1) is 0 Å². The number of carbonyl (C=O) groups is 1. The fourth-order valence-electron chi connectivity index (χ4n) is 0.652. The highest BCUT2D eigenvalue weighted by atomic mass is 16.5. The minimum Gasteiger partial charge on any atom is -0.369 e. The van der Waals surface area contributed by atoms with Gasteiger partial charge in [-0.05, 0) is 27.7 Å². The Morgan fingerprint density at radius 3 is 2.57 bits per heavy atom. The average molecular weight is 198 g/mol. The van der Waals surface area contributed by atoms with Crippen molar-refractivity contribution in [2.75, 3.05) is 13.2 Å². The summed E-state index contributed by atoms with van der Waals surface area (Å²) in [5, 5.41) is 11.3. The molecule has 80 valence electrons. The highest BCUT2D eigenvalue weighted by Gasteiger charge is 2.17. The molecule has 0 aliphatic heterocycles. The van der Waals surface area contributed by atoms with Crippen LogP contribution in [0.2, 0.25) is 0 Å². The molecule has 0 heterocycles. The molecule has 14 heavy (non-hydrogen) atoms. The Morgan fingerprint density at radius 2 is 2.14 bits per heavy atom. The second-order valence-corrected chi connectivity index (χ2v) is 4.13. The zero-order chi connectivity index (χ0) is 11.2. The van der Waals surface area contributed by atoms with Crippen molar-refractivity contribution in [2.24, 2.45) is 5.41 Å². The topological polar surface area (TPSA) is 62.1 Å². The summed E-state index contributed by atoms with van der Waals surface area (Å²) >= 11 is 0. The molecule has 0 radical (unpaired) electrons. The molecule has 0 atom stereocenters. The second-order valence-electron chi connectivity index (χ2n) is 4.13. The molecule has 4 heteroatoms.